The van der Waals surface area contributed by atoms with E-state index in [4.69, 9.17) is 11.6 Å². The second-order valence-electron chi connectivity index (χ2n) is 7.34. The molecule has 1 aliphatic heterocycles. The second kappa shape index (κ2) is 8.80. The van der Waals surface area contributed by atoms with Crippen LogP contribution < -0.4 is 10.6 Å². The average molecular weight is 414 g/mol. The van der Waals surface area contributed by atoms with Crippen LogP contribution >= 0.6 is 11.6 Å². The third-order valence-electron chi connectivity index (χ3n) is 5.42. The molecule has 4 rings (SSSR count). The molecular weight excluding hydrogens is 390 g/mol. The first kappa shape index (κ1) is 19.7. The number of carbonyl (C=O) groups excluding carboxylic acids is 2. The van der Waals surface area contributed by atoms with Crippen LogP contribution in [-0.2, 0) is 17.9 Å². The molecule has 2 heterocycles. The van der Waals surface area contributed by atoms with Crippen LogP contribution in [0.4, 0.5) is 5.69 Å². The lowest BCUT2D eigenvalue weighted by Gasteiger charge is -2.28. The highest BCUT2D eigenvalue weighted by Gasteiger charge is 2.25. The van der Waals surface area contributed by atoms with Gasteiger partial charge in [-0.15, -0.1) is 0 Å². The number of fused-ring (bicyclic) bond motifs is 1. The standard InChI is InChI=1S/C21H24ClN5O2/c22-16-7-1-2-8-17(16)25-21(29)18-13-24-19-14-26(11-12-27(18)19)20(28)9-4-10-23-15-5-3-6-15/h1-2,4,7-9,13,15,23H,3,5-6,10-12,14H2,(H,25,29)/b9-4+. The molecule has 1 aromatic carbocycles. The van der Waals surface area contributed by atoms with Gasteiger partial charge in [-0.2, -0.15) is 0 Å². The van der Waals surface area contributed by atoms with E-state index in [0.717, 1.165) is 0 Å². The zero-order valence-corrected chi connectivity index (χ0v) is 16.9. The monoisotopic (exact) mass is 413 g/mol. The lowest BCUT2D eigenvalue weighted by Crippen LogP contribution is -2.38. The SMILES string of the molecule is O=C(Nc1ccccc1Cl)c1cnc2n1CCN(C(=O)/C=C/CNC1CCC1)C2. The normalized spacial score (nSPS) is 16.5. The first-order chi connectivity index (χ1) is 14.1. The molecule has 2 amide bonds. The molecule has 8 heteroatoms. The number of para-hydroxylation sites is 1. The van der Waals surface area contributed by atoms with Crippen molar-refractivity contribution in [1.29, 1.82) is 0 Å². The molecule has 0 saturated heterocycles. The van der Waals surface area contributed by atoms with Crippen molar-refractivity contribution in [3.05, 3.63) is 59.2 Å². The molecule has 152 valence electrons. The van der Waals surface area contributed by atoms with E-state index < -0.39 is 0 Å². The van der Waals surface area contributed by atoms with Crippen LogP contribution in [0.25, 0.3) is 0 Å². The lowest BCUT2D eigenvalue weighted by molar-refractivity contribution is -0.127. The van der Waals surface area contributed by atoms with Gasteiger partial charge in [0.05, 0.1) is 23.5 Å². The molecule has 0 spiro atoms. The van der Waals surface area contributed by atoms with Crippen LogP contribution in [0, 0.1) is 0 Å². The van der Waals surface area contributed by atoms with Crippen molar-refractivity contribution in [1.82, 2.24) is 19.8 Å². The molecule has 1 aromatic heterocycles. The molecule has 2 N–H and O–H groups in total. The van der Waals surface area contributed by atoms with E-state index in [0.29, 0.717) is 54.4 Å². The summed E-state index contributed by atoms with van der Waals surface area (Å²) in [6, 6.07) is 7.70. The number of benzene rings is 1. The van der Waals surface area contributed by atoms with Gasteiger partial charge in [-0.1, -0.05) is 36.2 Å². The number of hydrogen-bond donors (Lipinski definition) is 2. The fraction of sp³-hybridized carbons (Fsp3) is 0.381. The zero-order chi connectivity index (χ0) is 20.2. The summed E-state index contributed by atoms with van der Waals surface area (Å²) in [7, 11) is 0. The van der Waals surface area contributed by atoms with Crippen LogP contribution in [-0.4, -0.2) is 45.4 Å². The first-order valence-electron chi connectivity index (χ1n) is 9.91. The number of nitrogens with zero attached hydrogens (tertiary/aromatic N) is 3. The van der Waals surface area contributed by atoms with Gasteiger partial charge in [-0.05, 0) is 25.0 Å². The minimum atomic E-state index is -0.265. The van der Waals surface area contributed by atoms with Crippen molar-refractivity contribution in [3.63, 3.8) is 0 Å². The minimum Gasteiger partial charge on any atom is -0.330 e. The fourth-order valence-electron chi connectivity index (χ4n) is 3.49. The number of imidazole rings is 1. The average Bonchev–Trinajstić information content (AvgIpc) is 3.11. The van der Waals surface area contributed by atoms with Crippen LogP contribution in [0.5, 0.6) is 0 Å². The largest absolute Gasteiger partial charge is 0.330 e. The van der Waals surface area contributed by atoms with E-state index in [1.165, 1.54) is 19.3 Å². The maximum Gasteiger partial charge on any atom is 0.273 e. The molecule has 1 fully saturated rings. The topological polar surface area (TPSA) is 79.3 Å². The summed E-state index contributed by atoms with van der Waals surface area (Å²) in [5.74, 6) is 0.408. The van der Waals surface area contributed by atoms with Gasteiger partial charge >= 0.3 is 0 Å². The second-order valence-corrected chi connectivity index (χ2v) is 7.75. The summed E-state index contributed by atoms with van der Waals surface area (Å²) >= 11 is 6.12. The van der Waals surface area contributed by atoms with Gasteiger partial charge in [0.25, 0.3) is 5.91 Å². The Balaban J connectivity index is 1.35. The van der Waals surface area contributed by atoms with Gasteiger partial charge in [-0.3, -0.25) is 9.59 Å². The molecule has 0 atom stereocenters. The maximum absolute atomic E-state index is 12.6. The number of anilines is 1. The number of aromatic nitrogens is 2. The number of halogens is 1. The van der Waals surface area contributed by atoms with Gasteiger partial charge < -0.3 is 20.1 Å². The van der Waals surface area contributed by atoms with E-state index >= 15 is 0 Å². The Kier molecular flexibility index (Phi) is 5.97. The molecule has 2 aliphatic rings. The predicted molar refractivity (Wildman–Crippen MR) is 112 cm³/mol. The number of nitrogens with one attached hydrogen (secondary N) is 2. The lowest BCUT2D eigenvalue weighted by atomic mass is 9.93. The van der Waals surface area contributed by atoms with Gasteiger partial charge in [0.2, 0.25) is 5.91 Å². The van der Waals surface area contributed by atoms with E-state index in [9.17, 15) is 9.59 Å². The molecule has 2 aromatic rings. The van der Waals surface area contributed by atoms with Crippen molar-refractivity contribution in [2.45, 2.75) is 38.4 Å². The number of amides is 2. The van der Waals surface area contributed by atoms with Gasteiger partial charge in [0.1, 0.15) is 11.5 Å². The van der Waals surface area contributed by atoms with Crippen LogP contribution in [0.1, 0.15) is 35.6 Å². The molecular formula is C21H24ClN5O2. The fourth-order valence-corrected chi connectivity index (χ4v) is 3.67. The van der Waals surface area contributed by atoms with E-state index in [1.54, 1.807) is 29.3 Å². The predicted octanol–water partition coefficient (Wildman–Crippen LogP) is 2.83. The molecule has 0 radical (unpaired) electrons. The molecule has 0 bridgehead atoms. The summed E-state index contributed by atoms with van der Waals surface area (Å²) in [6.45, 7) is 2.17. The third kappa shape index (κ3) is 4.52. The van der Waals surface area contributed by atoms with Crippen LogP contribution in [0.2, 0.25) is 5.02 Å². The molecule has 1 saturated carbocycles. The Labute approximate surface area is 174 Å². The Morgan fingerprint density at radius 3 is 2.83 bits per heavy atom. The minimum absolute atomic E-state index is 0.0308. The Morgan fingerprint density at radius 2 is 2.07 bits per heavy atom. The van der Waals surface area contributed by atoms with Gasteiger partial charge in [0.15, 0.2) is 0 Å². The van der Waals surface area contributed by atoms with Crippen molar-refractivity contribution < 1.29 is 9.59 Å². The zero-order valence-electron chi connectivity index (χ0n) is 16.1. The van der Waals surface area contributed by atoms with Crippen molar-refractivity contribution in [3.8, 4) is 0 Å². The highest BCUT2D eigenvalue weighted by molar-refractivity contribution is 6.33. The Bertz CT molecular complexity index is 935. The van der Waals surface area contributed by atoms with E-state index in [-0.39, 0.29) is 11.8 Å². The smallest absolute Gasteiger partial charge is 0.273 e. The molecule has 1 aliphatic carbocycles. The van der Waals surface area contributed by atoms with Gasteiger partial charge in [0, 0.05) is 31.8 Å². The molecule has 29 heavy (non-hydrogen) atoms. The summed E-state index contributed by atoms with van der Waals surface area (Å²) in [5.41, 5.74) is 1.02. The van der Waals surface area contributed by atoms with Crippen LogP contribution in [0.15, 0.2) is 42.6 Å². The number of rotatable bonds is 6. The highest BCUT2D eigenvalue weighted by Crippen LogP contribution is 2.22. The van der Waals surface area contributed by atoms with Crippen molar-refractivity contribution >= 4 is 29.1 Å². The van der Waals surface area contributed by atoms with Crippen molar-refractivity contribution in [2.24, 2.45) is 0 Å². The summed E-state index contributed by atoms with van der Waals surface area (Å²) < 4.78 is 1.86. The third-order valence-corrected chi connectivity index (χ3v) is 5.75. The summed E-state index contributed by atoms with van der Waals surface area (Å²) in [6.07, 6.45) is 8.79. The van der Waals surface area contributed by atoms with Gasteiger partial charge in [-0.25, -0.2) is 4.98 Å². The van der Waals surface area contributed by atoms with Crippen molar-refractivity contribution in [2.75, 3.05) is 18.4 Å². The maximum atomic E-state index is 12.6. The Morgan fingerprint density at radius 1 is 1.24 bits per heavy atom. The number of carbonyl (C=O) groups is 2. The summed E-state index contributed by atoms with van der Waals surface area (Å²) in [4.78, 5) is 31.2. The van der Waals surface area contributed by atoms with E-state index in [1.807, 2.05) is 22.8 Å². The summed E-state index contributed by atoms with van der Waals surface area (Å²) in [5, 5.41) is 6.71. The van der Waals surface area contributed by atoms with E-state index in [2.05, 4.69) is 15.6 Å². The Hall–Kier alpha value is -2.64. The van der Waals surface area contributed by atoms with Crippen LogP contribution in [0.3, 0.4) is 0 Å². The highest BCUT2D eigenvalue weighted by atomic mass is 35.5. The molecule has 7 nitrogen and oxygen atoms in total. The first-order valence-corrected chi connectivity index (χ1v) is 10.3. The molecule has 0 unspecified atom stereocenters. The number of hydrogen-bond acceptors (Lipinski definition) is 4. The quantitative estimate of drug-likeness (QED) is 0.714.